The molecule has 0 unspecified atom stereocenters. The van der Waals surface area contributed by atoms with Crippen LogP contribution < -0.4 is 0 Å². The van der Waals surface area contributed by atoms with Crippen LogP contribution in [0, 0.1) is 13.0 Å². The monoisotopic (exact) mass is 694 g/mol. The summed E-state index contributed by atoms with van der Waals surface area (Å²) in [5.41, 5.74) is 9.51. The molecule has 7 rings (SSSR count). The third kappa shape index (κ3) is 4.40. The van der Waals surface area contributed by atoms with Crippen LogP contribution in [0.1, 0.15) is 5.82 Å². The van der Waals surface area contributed by atoms with Gasteiger partial charge in [-0.25, -0.2) is 0 Å². The van der Waals surface area contributed by atoms with Gasteiger partial charge < -0.3 is 9.13 Å². The fourth-order valence-electron chi connectivity index (χ4n) is 5.41. The van der Waals surface area contributed by atoms with Crippen molar-refractivity contribution in [2.75, 3.05) is 0 Å². The molecule has 0 fully saturated rings. The van der Waals surface area contributed by atoms with Crippen LogP contribution in [0.15, 0.2) is 134 Å². The minimum absolute atomic E-state index is 0. The zero-order chi connectivity index (χ0) is 26.2. The first-order chi connectivity index (χ1) is 19.3. The van der Waals surface area contributed by atoms with E-state index in [-0.39, 0.29) is 20.1 Å². The maximum absolute atomic E-state index is 5.02. The van der Waals surface area contributed by atoms with Crippen molar-refractivity contribution in [1.82, 2.24) is 19.1 Å². The molecule has 0 aliphatic carbocycles. The zero-order valence-corrected chi connectivity index (χ0v) is 24.2. The number of aryl methyl sites for hydroxylation is 1. The van der Waals surface area contributed by atoms with Gasteiger partial charge in [-0.3, -0.25) is 9.97 Å². The second-order valence-electron chi connectivity index (χ2n) is 9.47. The van der Waals surface area contributed by atoms with E-state index in [0.29, 0.717) is 0 Å². The van der Waals surface area contributed by atoms with Crippen LogP contribution in [0.25, 0.3) is 56.0 Å². The Kier molecular flexibility index (Phi) is 7.00. The average Bonchev–Trinajstić information content (AvgIpc) is 3.62. The van der Waals surface area contributed by atoms with E-state index in [9.17, 15) is 0 Å². The predicted molar refractivity (Wildman–Crippen MR) is 158 cm³/mol. The van der Waals surface area contributed by atoms with Crippen molar-refractivity contribution in [3.63, 3.8) is 0 Å². The van der Waals surface area contributed by atoms with Crippen LogP contribution in [-0.4, -0.2) is 19.1 Å². The Bertz CT molecular complexity index is 1850. The van der Waals surface area contributed by atoms with Crippen molar-refractivity contribution >= 4 is 11.0 Å². The van der Waals surface area contributed by atoms with E-state index in [1.165, 1.54) is 0 Å². The molecular weight excluding hydrogens is 669 g/mol. The first kappa shape index (κ1) is 25.7. The number of nitrogens with zero attached hydrogens (tertiary/aromatic N) is 4. The van der Waals surface area contributed by atoms with Gasteiger partial charge in [0.15, 0.2) is 0 Å². The molecular formula is C35H25IrN4-. The van der Waals surface area contributed by atoms with Crippen molar-refractivity contribution in [2.45, 2.75) is 6.92 Å². The summed E-state index contributed by atoms with van der Waals surface area (Å²) in [6.45, 7) is 2.04. The molecule has 0 spiro atoms. The first-order valence-corrected chi connectivity index (χ1v) is 13.0. The summed E-state index contributed by atoms with van der Waals surface area (Å²) in [7, 11) is 0. The van der Waals surface area contributed by atoms with Gasteiger partial charge in [0.25, 0.3) is 0 Å². The quantitative estimate of drug-likeness (QED) is 0.170. The topological polar surface area (TPSA) is 35.6 Å². The smallest absolute Gasteiger partial charge is 0.0990 e. The van der Waals surface area contributed by atoms with Crippen LogP contribution >= 0.6 is 0 Å². The van der Waals surface area contributed by atoms with Gasteiger partial charge in [-0.1, -0.05) is 103 Å². The third-order valence-corrected chi connectivity index (χ3v) is 7.11. The average molecular weight is 694 g/mol. The van der Waals surface area contributed by atoms with Gasteiger partial charge in [0.05, 0.1) is 17.3 Å². The van der Waals surface area contributed by atoms with Gasteiger partial charge in [-0.05, 0) is 35.7 Å². The minimum atomic E-state index is 0. The fourth-order valence-corrected chi connectivity index (χ4v) is 5.41. The normalized spacial score (nSPS) is 10.9. The summed E-state index contributed by atoms with van der Waals surface area (Å²) in [4.78, 5) is 9.90. The van der Waals surface area contributed by atoms with E-state index in [2.05, 4.69) is 112 Å². The summed E-state index contributed by atoms with van der Waals surface area (Å²) in [6.07, 6.45) is 3.90. The Morgan fingerprint density at radius 3 is 1.90 bits per heavy atom. The first-order valence-electron chi connectivity index (χ1n) is 13.0. The maximum Gasteiger partial charge on any atom is 0.0990 e. The molecule has 2 heterocycles. The van der Waals surface area contributed by atoms with E-state index in [1.807, 2.05) is 43.6 Å². The van der Waals surface area contributed by atoms with E-state index >= 15 is 0 Å². The number of fused-ring (bicyclic) bond motifs is 1. The molecule has 5 heteroatoms. The number of benzene rings is 5. The van der Waals surface area contributed by atoms with Crippen molar-refractivity contribution < 1.29 is 20.1 Å². The van der Waals surface area contributed by atoms with Crippen molar-refractivity contribution in [3.05, 3.63) is 146 Å². The standard InChI is InChI=1S/C35H25N4.Ir/c1-25-37-33-31(21-12-22-32(33)39(25)28-17-9-4-10-18-28)35-36-23-24-38(35)34-29(26-13-5-2-6-14-26)19-11-20-30(34)27-15-7-3-8-16-27;/h2-20,22-24H,1H3;/q-1;. The van der Waals surface area contributed by atoms with E-state index in [4.69, 9.17) is 9.97 Å². The van der Waals surface area contributed by atoms with Gasteiger partial charge >= 0.3 is 0 Å². The van der Waals surface area contributed by atoms with Gasteiger partial charge in [-0.2, -0.15) is 0 Å². The molecule has 1 radical (unpaired) electrons. The van der Waals surface area contributed by atoms with Crippen LogP contribution in [0.3, 0.4) is 0 Å². The Morgan fingerprint density at radius 2 is 1.27 bits per heavy atom. The van der Waals surface area contributed by atoms with E-state index in [1.54, 1.807) is 0 Å². The number of rotatable bonds is 5. The Hall–Kier alpha value is -4.57. The van der Waals surface area contributed by atoms with Crippen molar-refractivity contribution in [1.29, 1.82) is 0 Å². The summed E-state index contributed by atoms with van der Waals surface area (Å²) in [5.74, 6) is 1.73. The molecule has 40 heavy (non-hydrogen) atoms. The molecule has 2 aromatic heterocycles. The summed E-state index contributed by atoms with van der Waals surface area (Å²) in [6, 6.07) is 45.4. The molecule has 5 aromatic carbocycles. The summed E-state index contributed by atoms with van der Waals surface area (Å²) >= 11 is 0. The molecule has 0 saturated heterocycles. The molecule has 7 aromatic rings. The second-order valence-corrected chi connectivity index (χ2v) is 9.47. The summed E-state index contributed by atoms with van der Waals surface area (Å²) < 4.78 is 4.38. The number of para-hydroxylation sites is 2. The number of aromatic nitrogens is 4. The zero-order valence-electron chi connectivity index (χ0n) is 21.8. The van der Waals surface area contributed by atoms with Crippen molar-refractivity contribution in [3.8, 4) is 45.0 Å². The van der Waals surface area contributed by atoms with E-state index < -0.39 is 0 Å². The molecule has 0 aliphatic rings. The van der Waals surface area contributed by atoms with Crippen molar-refractivity contribution in [2.24, 2.45) is 0 Å². The Labute approximate surface area is 247 Å². The molecule has 0 aliphatic heterocycles. The minimum Gasteiger partial charge on any atom is -0.339 e. The summed E-state index contributed by atoms with van der Waals surface area (Å²) in [5, 5.41) is 0. The molecule has 0 bridgehead atoms. The second kappa shape index (κ2) is 10.9. The van der Waals surface area contributed by atoms with Gasteiger partial charge in [0.2, 0.25) is 0 Å². The molecule has 4 nitrogen and oxygen atoms in total. The van der Waals surface area contributed by atoms with Crippen LogP contribution in [0.5, 0.6) is 0 Å². The van der Waals surface area contributed by atoms with Gasteiger partial charge in [-0.15, -0.1) is 18.2 Å². The van der Waals surface area contributed by atoms with Crippen LogP contribution in [-0.2, 0) is 20.1 Å². The molecule has 0 saturated carbocycles. The fraction of sp³-hybridized carbons (Fsp3) is 0.0286. The molecule has 195 valence electrons. The number of hydrogen-bond donors (Lipinski definition) is 0. The molecule has 0 N–H and O–H groups in total. The van der Waals surface area contributed by atoms with E-state index in [0.717, 1.165) is 61.9 Å². The predicted octanol–water partition coefficient (Wildman–Crippen LogP) is 8.32. The number of hydrogen-bond acceptors (Lipinski definition) is 2. The third-order valence-electron chi connectivity index (χ3n) is 7.11. The largest absolute Gasteiger partial charge is 0.339 e. The Balaban J connectivity index is 0.00000289. The maximum atomic E-state index is 5.02. The van der Waals surface area contributed by atoms with Crippen LogP contribution in [0.2, 0.25) is 0 Å². The SMILES string of the molecule is Cc1nc2c(-c3nccn3-c3c(-c4ccccc4)cccc3-c3ccccc3)[c-]ccc2n1-c1ccccc1.[Ir]. The molecule has 0 amide bonds. The number of imidazole rings is 2. The molecule has 0 atom stereocenters. The van der Waals surface area contributed by atoms with Gasteiger partial charge in [0, 0.05) is 54.8 Å². The van der Waals surface area contributed by atoms with Crippen LogP contribution in [0.4, 0.5) is 0 Å². The van der Waals surface area contributed by atoms with Gasteiger partial charge in [0.1, 0.15) is 0 Å². The Morgan fingerprint density at radius 1 is 0.675 bits per heavy atom.